The molecule has 5 nitrogen and oxygen atoms in total. The summed E-state index contributed by atoms with van der Waals surface area (Å²) in [7, 11) is 0. The third-order valence-electron chi connectivity index (χ3n) is 3.52. The average molecular weight is 357 g/mol. The van der Waals surface area contributed by atoms with E-state index < -0.39 is 11.9 Å². The van der Waals surface area contributed by atoms with Gasteiger partial charge in [-0.05, 0) is 48.7 Å². The van der Waals surface area contributed by atoms with Crippen LogP contribution < -0.4 is 5.32 Å². The maximum atomic E-state index is 11.8. The van der Waals surface area contributed by atoms with Crippen LogP contribution >= 0.6 is 11.6 Å². The molecule has 0 bridgehead atoms. The monoisotopic (exact) mass is 356 g/mol. The van der Waals surface area contributed by atoms with Crippen LogP contribution in [0.1, 0.15) is 23.1 Å². The number of halogens is 1. The van der Waals surface area contributed by atoms with E-state index in [-0.39, 0.29) is 13.0 Å². The van der Waals surface area contributed by atoms with E-state index in [2.05, 4.69) is 5.32 Å². The van der Waals surface area contributed by atoms with Crippen molar-refractivity contribution in [1.29, 1.82) is 5.26 Å². The van der Waals surface area contributed by atoms with Crippen molar-refractivity contribution in [1.82, 2.24) is 0 Å². The number of anilines is 1. The maximum absolute atomic E-state index is 11.8. The van der Waals surface area contributed by atoms with E-state index in [0.29, 0.717) is 22.7 Å². The van der Waals surface area contributed by atoms with E-state index in [0.717, 1.165) is 11.1 Å². The van der Waals surface area contributed by atoms with E-state index in [1.807, 2.05) is 13.0 Å². The molecular weight excluding hydrogens is 340 g/mol. The molecule has 0 aliphatic rings. The molecule has 1 amide bonds. The first-order chi connectivity index (χ1) is 12.0. The SMILES string of the molecule is Cc1ccc(NC(=O)COC(=O)CCc2ccc(C#N)cc2)cc1Cl. The summed E-state index contributed by atoms with van der Waals surface area (Å²) in [6.45, 7) is 1.52. The van der Waals surface area contributed by atoms with Crippen molar-refractivity contribution < 1.29 is 14.3 Å². The first-order valence-corrected chi connectivity index (χ1v) is 8.06. The van der Waals surface area contributed by atoms with E-state index in [1.54, 1.807) is 42.5 Å². The van der Waals surface area contributed by atoms with Gasteiger partial charge in [0.15, 0.2) is 6.61 Å². The highest BCUT2D eigenvalue weighted by Crippen LogP contribution is 2.19. The number of carbonyl (C=O) groups is 2. The van der Waals surface area contributed by atoms with Crippen molar-refractivity contribution in [2.45, 2.75) is 19.8 Å². The van der Waals surface area contributed by atoms with Gasteiger partial charge in [-0.15, -0.1) is 0 Å². The van der Waals surface area contributed by atoms with Crippen LogP contribution in [0.2, 0.25) is 5.02 Å². The second kappa shape index (κ2) is 8.86. The molecule has 128 valence electrons. The third kappa shape index (κ3) is 5.94. The summed E-state index contributed by atoms with van der Waals surface area (Å²) in [4.78, 5) is 23.5. The molecule has 6 heteroatoms. The molecule has 2 rings (SSSR count). The number of nitrogens with zero attached hydrogens (tertiary/aromatic N) is 1. The van der Waals surface area contributed by atoms with Gasteiger partial charge < -0.3 is 10.1 Å². The van der Waals surface area contributed by atoms with Crippen LogP contribution in [0.5, 0.6) is 0 Å². The number of benzene rings is 2. The van der Waals surface area contributed by atoms with Gasteiger partial charge in [0, 0.05) is 17.1 Å². The van der Waals surface area contributed by atoms with E-state index in [1.165, 1.54) is 0 Å². The molecule has 0 aromatic heterocycles. The lowest BCUT2D eigenvalue weighted by Gasteiger charge is -2.08. The summed E-state index contributed by atoms with van der Waals surface area (Å²) in [6, 6.07) is 14.2. The maximum Gasteiger partial charge on any atom is 0.306 e. The van der Waals surface area contributed by atoms with Gasteiger partial charge in [-0.1, -0.05) is 29.8 Å². The van der Waals surface area contributed by atoms with Gasteiger partial charge in [0.1, 0.15) is 0 Å². The molecule has 2 aromatic carbocycles. The number of carbonyl (C=O) groups excluding carboxylic acids is 2. The fraction of sp³-hybridized carbons (Fsp3) is 0.211. The van der Waals surface area contributed by atoms with Gasteiger partial charge in [-0.25, -0.2) is 0 Å². The second-order valence-electron chi connectivity index (χ2n) is 5.48. The van der Waals surface area contributed by atoms with E-state index in [9.17, 15) is 9.59 Å². The Morgan fingerprint density at radius 3 is 2.56 bits per heavy atom. The Hall–Kier alpha value is -2.84. The van der Waals surface area contributed by atoms with Crippen molar-refractivity contribution in [3.8, 4) is 6.07 Å². The van der Waals surface area contributed by atoms with Crippen molar-refractivity contribution >= 4 is 29.2 Å². The summed E-state index contributed by atoms with van der Waals surface area (Å²) in [5.74, 6) is -0.881. The number of ether oxygens (including phenoxy) is 1. The number of hydrogen-bond donors (Lipinski definition) is 1. The number of esters is 1. The Morgan fingerprint density at radius 1 is 1.20 bits per heavy atom. The summed E-state index contributed by atoms with van der Waals surface area (Å²) < 4.78 is 4.96. The lowest BCUT2D eigenvalue weighted by atomic mass is 10.1. The highest BCUT2D eigenvalue weighted by molar-refractivity contribution is 6.31. The zero-order chi connectivity index (χ0) is 18.2. The third-order valence-corrected chi connectivity index (χ3v) is 3.93. The molecule has 1 N–H and O–H groups in total. The summed E-state index contributed by atoms with van der Waals surface area (Å²) >= 11 is 5.99. The van der Waals surface area contributed by atoms with Crippen LogP contribution in [0.3, 0.4) is 0 Å². The minimum absolute atomic E-state index is 0.162. The highest BCUT2D eigenvalue weighted by atomic mass is 35.5. The second-order valence-corrected chi connectivity index (χ2v) is 5.89. The first-order valence-electron chi connectivity index (χ1n) is 7.68. The molecule has 0 heterocycles. The van der Waals surface area contributed by atoms with Gasteiger partial charge in [0.05, 0.1) is 11.6 Å². The lowest BCUT2D eigenvalue weighted by molar-refractivity contribution is -0.147. The Kier molecular flexibility index (Phi) is 6.55. The molecule has 0 spiro atoms. The molecule has 25 heavy (non-hydrogen) atoms. The van der Waals surface area contributed by atoms with Gasteiger partial charge in [-0.3, -0.25) is 9.59 Å². The molecule has 2 aromatic rings. The summed E-state index contributed by atoms with van der Waals surface area (Å²) in [5, 5.41) is 11.9. The smallest absolute Gasteiger partial charge is 0.306 e. The van der Waals surface area contributed by atoms with Gasteiger partial charge in [-0.2, -0.15) is 5.26 Å². The van der Waals surface area contributed by atoms with Crippen LogP contribution in [-0.2, 0) is 20.7 Å². The summed E-state index contributed by atoms with van der Waals surface area (Å²) in [6.07, 6.45) is 0.648. The number of nitriles is 1. The molecule has 0 radical (unpaired) electrons. The van der Waals surface area contributed by atoms with E-state index in [4.69, 9.17) is 21.6 Å². The Labute approximate surface area is 151 Å². The summed E-state index contributed by atoms with van der Waals surface area (Å²) in [5.41, 5.74) is 2.96. The topological polar surface area (TPSA) is 79.2 Å². The largest absolute Gasteiger partial charge is 0.456 e. The first kappa shape index (κ1) is 18.5. The number of nitrogens with one attached hydrogen (secondary N) is 1. The molecule has 0 atom stereocenters. The van der Waals surface area contributed by atoms with Crippen molar-refractivity contribution in [2.75, 3.05) is 11.9 Å². The zero-order valence-electron chi connectivity index (χ0n) is 13.7. The highest BCUT2D eigenvalue weighted by Gasteiger charge is 2.09. The molecule has 0 fully saturated rings. The van der Waals surface area contributed by atoms with Gasteiger partial charge in [0.2, 0.25) is 0 Å². The Balaban J connectivity index is 1.74. The van der Waals surface area contributed by atoms with Crippen LogP contribution in [0, 0.1) is 18.3 Å². The minimum Gasteiger partial charge on any atom is -0.456 e. The number of aryl methyl sites for hydroxylation is 2. The molecule has 0 aliphatic heterocycles. The number of hydrogen-bond acceptors (Lipinski definition) is 4. The molecule has 0 unspecified atom stereocenters. The normalized spacial score (nSPS) is 9.96. The van der Waals surface area contributed by atoms with E-state index >= 15 is 0 Å². The lowest BCUT2D eigenvalue weighted by Crippen LogP contribution is -2.21. The standard InChI is InChI=1S/C19H17ClN2O3/c1-13-2-8-16(10-17(13)20)22-18(23)12-25-19(24)9-7-14-3-5-15(11-21)6-4-14/h2-6,8,10H,7,9,12H2,1H3,(H,22,23). The van der Waals surface area contributed by atoms with Crippen LogP contribution in [0.4, 0.5) is 5.69 Å². The molecule has 0 saturated carbocycles. The molecule has 0 aliphatic carbocycles. The van der Waals surface area contributed by atoms with Crippen LogP contribution in [0.25, 0.3) is 0 Å². The molecule has 0 saturated heterocycles. The Morgan fingerprint density at radius 2 is 1.92 bits per heavy atom. The predicted molar refractivity (Wildman–Crippen MR) is 95.3 cm³/mol. The van der Waals surface area contributed by atoms with Crippen molar-refractivity contribution in [3.63, 3.8) is 0 Å². The average Bonchev–Trinajstić information content (AvgIpc) is 2.61. The fourth-order valence-electron chi connectivity index (χ4n) is 2.08. The minimum atomic E-state index is -0.457. The van der Waals surface area contributed by atoms with Crippen molar-refractivity contribution in [3.05, 3.63) is 64.2 Å². The number of rotatable bonds is 6. The van der Waals surface area contributed by atoms with Gasteiger partial charge in [0.25, 0.3) is 5.91 Å². The van der Waals surface area contributed by atoms with Gasteiger partial charge >= 0.3 is 5.97 Å². The molecular formula is C19H17ClN2O3. The Bertz CT molecular complexity index is 810. The quantitative estimate of drug-likeness (QED) is 0.801. The zero-order valence-corrected chi connectivity index (χ0v) is 14.5. The van der Waals surface area contributed by atoms with Crippen LogP contribution in [-0.4, -0.2) is 18.5 Å². The number of amides is 1. The fourth-order valence-corrected chi connectivity index (χ4v) is 2.26. The van der Waals surface area contributed by atoms with Crippen LogP contribution in [0.15, 0.2) is 42.5 Å². The van der Waals surface area contributed by atoms with Crippen molar-refractivity contribution in [2.24, 2.45) is 0 Å². The predicted octanol–water partition coefficient (Wildman–Crippen LogP) is 3.63.